The molecule has 126 valence electrons. The smallest absolute Gasteiger partial charge is 0.342 e. The maximum absolute atomic E-state index is 13.2. The third-order valence-electron chi connectivity index (χ3n) is 5.97. The summed E-state index contributed by atoms with van der Waals surface area (Å²) in [5.74, 6) is -1.93. The first-order valence-corrected chi connectivity index (χ1v) is 8.49. The quantitative estimate of drug-likeness (QED) is 0.808. The van der Waals surface area contributed by atoms with Crippen molar-refractivity contribution in [1.82, 2.24) is 4.90 Å². The fourth-order valence-corrected chi connectivity index (χ4v) is 4.75. The molecule has 6 heteroatoms. The lowest BCUT2D eigenvalue weighted by Crippen LogP contribution is -2.44. The van der Waals surface area contributed by atoms with E-state index in [1.165, 1.54) is 0 Å². The maximum Gasteiger partial charge on any atom is 0.392 e. The van der Waals surface area contributed by atoms with Crippen molar-refractivity contribution in [2.24, 2.45) is 29.4 Å². The van der Waals surface area contributed by atoms with Crippen LogP contribution in [-0.2, 0) is 4.79 Å². The summed E-state index contributed by atoms with van der Waals surface area (Å²) in [5.41, 5.74) is 6.14. The van der Waals surface area contributed by atoms with Crippen LogP contribution < -0.4 is 5.73 Å². The van der Waals surface area contributed by atoms with E-state index in [4.69, 9.17) is 5.73 Å². The van der Waals surface area contributed by atoms with Crippen LogP contribution in [0.4, 0.5) is 13.2 Å². The Morgan fingerprint density at radius 2 is 1.73 bits per heavy atom. The Hall–Kier alpha value is -0.780. The van der Waals surface area contributed by atoms with Gasteiger partial charge in [-0.05, 0) is 37.5 Å². The molecule has 3 nitrogen and oxygen atoms in total. The fourth-order valence-electron chi connectivity index (χ4n) is 4.75. The molecule has 3 fully saturated rings. The molecule has 0 aromatic carbocycles. The Morgan fingerprint density at radius 3 is 2.41 bits per heavy atom. The number of halogens is 3. The molecular weight excluding hydrogens is 293 g/mol. The third-order valence-corrected chi connectivity index (χ3v) is 5.97. The number of rotatable bonds is 1. The van der Waals surface area contributed by atoms with E-state index in [9.17, 15) is 18.0 Å². The second-order valence-electron chi connectivity index (χ2n) is 7.30. The molecule has 5 atom stereocenters. The number of likely N-dealkylation sites (tertiary alicyclic amines) is 1. The molecule has 0 aromatic heterocycles. The summed E-state index contributed by atoms with van der Waals surface area (Å²) in [6.07, 6.45) is 0.601. The van der Waals surface area contributed by atoms with E-state index in [1.807, 2.05) is 0 Å². The third kappa shape index (κ3) is 2.99. The van der Waals surface area contributed by atoms with Gasteiger partial charge in [0.1, 0.15) is 0 Å². The molecule has 0 spiro atoms. The number of carbonyl (C=O) groups excluding carboxylic acids is 1. The predicted octanol–water partition coefficient (Wildman–Crippen LogP) is 2.94. The van der Waals surface area contributed by atoms with Gasteiger partial charge in [-0.3, -0.25) is 4.79 Å². The Balaban J connectivity index is 1.70. The lowest BCUT2D eigenvalue weighted by Gasteiger charge is -2.34. The summed E-state index contributed by atoms with van der Waals surface area (Å²) in [5, 5.41) is 0. The van der Waals surface area contributed by atoms with Crippen LogP contribution in [0.5, 0.6) is 0 Å². The molecule has 1 aliphatic heterocycles. The summed E-state index contributed by atoms with van der Waals surface area (Å²) in [7, 11) is 0. The number of alkyl halides is 3. The van der Waals surface area contributed by atoms with Crippen molar-refractivity contribution in [3.8, 4) is 0 Å². The minimum Gasteiger partial charge on any atom is -0.342 e. The fraction of sp³-hybridized carbons (Fsp3) is 0.938. The Bertz CT molecular complexity index is 426. The molecule has 5 unspecified atom stereocenters. The molecule has 1 amide bonds. The number of fused-ring (bicyclic) bond motifs is 1. The van der Waals surface area contributed by atoms with Crippen LogP contribution in [-0.4, -0.2) is 36.1 Å². The number of hydrogen-bond donors (Lipinski definition) is 1. The second kappa shape index (κ2) is 6.02. The van der Waals surface area contributed by atoms with Crippen molar-refractivity contribution in [1.29, 1.82) is 0 Å². The van der Waals surface area contributed by atoms with Gasteiger partial charge in [0.05, 0.1) is 5.92 Å². The van der Waals surface area contributed by atoms with E-state index >= 15 is 0 Å². The van der Waals surface area contributed by atoms with Crippen LogP contribution in [0.1, 0.15) is 44.9 Å². The zero-order valence-corrected chi connectivity index (χ0v) is 12.8. The van der Waals surface area contributed by atoms with Crippen molar-refractivity contribution in [3.05, 3.63) is 0 Å². The van der Waals surface area contributed by atoms with Crippen molar-refractivity contribution in [2.75, 3.05) is 13.1 Å². The molecule has 0 aromatic rings. The van der Waals surface area contributed by atoms with Gasteiger partial charge in [0.25, 0.3) is 0 Å². The molecule has 1 saturated heterocycles. The van der Waals surface area contributed by atoms with Crippen LogP contribution in [0.3, 0.4) is 0 Å². The number of amides is 1. The average molecular weight is 318 g/mol. The van der Waals surface area contributed by atoms with Crippen LogP contribution >= 0.6 is 0 Å². The Labute approximate surface area is 129 Å². The minimum absolute atomic E-state index is 0.0973. The highest BCUT2D eigenvalue weighted by molar-refractivity contribution is 5.79. The molecule has 2 saturated carbocycles. The highest BCUT2D eigenvalue weighted by atomic mass is 19.4. The molecule has 2 aliphatic carbocycles. The van der Waals surface area contributed by atoms with Gasteiger partial charge in [0.15, 0.2) is 0 Å². The van der Waals surface area contributed by atoms with Gasteiger partial charge in [0.2, 0.25) is 5.91 Å². The van der Waals surface area contributed by atoms with E-state index in [0.717, 1.165) is 25.7 Å². The molecule has 0 bridgehead atoms. The lowest BCUT2D eigenvalue weighted by molar-refractivity contribution is -0.200. The summed E-state index contributed by atoms with van der Waals surface area (Å²) >= 11 is 0. The van der Waals surface area contributed by atoms with E-state index in [1.54, 1.807) is 4.90 Å². The van der Waals surface area contributed by atoms with Gasteiger partial charge in [-0.25, -0.2) is 0 Å². The summed E-state index contributed by atoms with van der Waals surface area (Å²) < 4.78 is 39.6. The Morgan fingerprint density at radius 1 is 1.00 bits per heavy atom. The first kappa shape index (κ1) is 16.1. The molecule has 2 N–H and O–H groups in total. The number of carbonyl (C=O) groups is 1. The number of nitrogens with zero attached hydrogens (tertiary/aromatic N) is 1. The molecular formula is C16H25F3N2O. The molecule has 3 aliphatic rings. The SMILES string of the molecule is NC1CCCC2CN(C(=O)C3CCCCC3C(F)(F)F)CC12. The van der Waals surface area contributed by atoms with Crippen LogP contribution in [0, 0.1) is 23.7 Å². The van der Waals surface area contributed by atoms with Crippen molar-refractivity contribution in [2.45, 2.75) is 57.2 Å². The molecule has 0 radical (unpaired) electrons. The van der Waals surface area contributed by atoms with Crippen LogP contribution in [0.15, 0.2) is 0 Å². The van der Waals surface area contributed by atoms with Gasteiger partial charge in [-0.1, -0.05) is 19.3 Å². The van der Waals surface area contributed by atoms with E-state index < -0.39 is 18.0 Å². The minimum atomic E-state index is -4.26. The second-order valence-corrected chi connectivity index (χ2v) is 7.30. The van der Waals surface area contributed by atoms with Gasteiger partial charge < -0.3 is 10.6 Å². The van der Waals surface area contributed by atoms with E-state index in [0.29, 0.717) is 31.8 Å². The largest absolute Gasteiger partial charge is 0.392 e. The topological polar surface area (TPSA) is 46.3 Å². The molecule has 22 heavy (non-hydrogen) atoms. The van der Waals surface area contributed by atoms with Gasteiger partial charge in [0, 0.05) is 25.0 Å². The molecule has 3 rings (SSSR count). The monoisotopic (exact) mass is 318 g/mol. The van der Waals surface area contributed by atoms with Gasteiger partial charge in [-0.15, -0.1) is 0 Å². The van der Waals surface area contributed by atoms with Gasteiger partial charge >= 0.3 is 6.18 Å². The standard InChI is InChI=1S/C16H25F3N2O/c17-16(18,19)13-6-2-1-5-11(13)15(22)21-8-10-4-3-7-14(20)12(10)9-21/h10-14H,1-9,20H2. The first-order valence-electron chi connectivity index (χ1n) is 8.49. The number of nitrogens with two attached hydrogens (primary N) is 1. The zero-order chi connectivity index (χ0) is 15.9. The summed E-state index contributed by atoms with van der Waals surface area (Å²) in [6, 6.07) is 0.0984. The van der Waals surface area contributed by atoms with Gasteiger partial charge in [-0.2, -0.15) is 13.2 Å². The predicted molar refractivity (Wildman–Crippen MR) is 76.9 cm³/mol. The summed E-state index contributed by atoms with van der Waals surface area (Å²) in [4.78, 5) is 14.4. The maximum atomic E-state index is 13.2. The highest BCUT2D eigenvalue weighted by Crippen LogP contribution is 2.44. The zero-order valence-electron chi connectivity index (χ0n) is 12.8. The van der Waals surface area contributed by atoms with Crippen LogP contribution in [0.2, 0.25) is 0 Å². The summed E-state index contributed by atoms with van der Waals surface area (Å²) in [6.45, 7) is 1.17. The first-order chi connectivity index (χ1) is 10.4. The normalized spacial score (nSPS) is 39.6. The average Bonchev–Trinajstić information content (AvgIpc) is 2.91. The van der Waals surface area contributed by atoms with Crippen molar-refractivity contribution >= 4 is 5.91 Å². The molecule has 1 heterocycles. The number of hydrogen-bond acceptors (Lipinski definition) is 2. The lowest BCUT2D eigenvalue weighted by atomic mass is 9.78. The van der Waals surface area contributed by atoms with Crippen molar-refractivity contribution in [3.63, 3.8) is 0 Å². The van der Waals surface area contributed by atoms with E-state index in [-0.39, 0.29) is 24.3 Å². The Kier molecular flexibility index (Phi) is 4.40. The van der Waals surface area contributed by atoms with Crippen molar-refractivity contribution < 1.29 is 18.0 Å². The van der Waals surface area contributed by atoms with E-state index in [2.05, 4.69) is 0 Å². The van der Waals surface area contributed by atoms with Crippen LogP contribution in [0.25, 0.3) is 0 Å². The highest BCUT2D eigenvalue weighted by Gasteiger charge is 2.50.